The molecule has 0 saturated carbocycles. The lowest BCUT2D eigenvalue weighted by Gasteiger charge is -2.16. The maximum absolute atomic E-state index is 14.6. The normalized spacial score (nSPS) is 15.9. The molecule has 132 valence electrons. The highest BCUT2D eigenvalue weighted by Crippen LogP contribution is 2.37. The Labute approximate surface area is 167 Å². The Morgan fingerprint density at radius 3 is 2.46 bits per heavy atom. The zero-order valence-corrected chi connectivity index (χ0v) is 16.7. The predicted octanol–water partition coefficient (Wildman–Crippen LogP) is 5.02. The van der Waals surface area contributed by atoms with Crippen molar-refractivity contribution in [1.29, 1.82) is 0 Å². The molecule has 0 N–H and O–H groups in total. The fourth-order valence-corrected chi connectivity index (χ4v) is 3.83. The number of aliphatic imine (C=N–C) groups is 1. The maximum atomic E-state index is 14.6. The third-order valence-corrected chi connectivity index (χ3v) is 5.91. The summed E-state index contributed by atoms with van der Waals surface area (Å²) in [5.41, 5.74) is 1.10. The van der Waals surface area contributed by atoms with E-state index in [9.17, 15) is 8.78 Å². The van der Waals surface area contributed by atoms with Crippen LogP contribution in [0.1, 0.15) is 35.7 Å². The van der Waals surface area contributed by atoms with Gasteiger partial charge in [0.25, 0.3) is 0 Å². The summed E-state index contributed by atoms with van der Waals surface area (Å²) >= 11 is 8.67. The summed E-state index contributed by atoms with van der Waals surface area (Å²) in [6.07, 6.45) is 0. The third kappa shape index (κ3) is 2.56. The minimum Gasteiger partial charge on any atom is -0.281 e. The van der Waals surface area contributed by atoms with Gasteiger partial charge in [-0.2, -0.15) is 0 Å². The Bertz CT molecular complexity index is 1060. The number of hydrogen-bond donors (Lipinski definition) is 0. The molecule has 1 atom stereocenters. The van der Waals surface area contributed by atoms with Crippen molar-refractivity contribution >= 4 is 39.9 Å². The van der Waals surface area contributed by atoms with Crippen LogP contribution in [0.15, 0.2) is 35.3 Å². The van der Waals surface area contributed by atoms with E-state index in [4.69, 9.17) is 11.6 Å². The zero-order chi connectivity index (χ0) is 18.6. The second kappa shape index (κ2) is 6.38. The molecule has 2 aromatic carbocycles. The van der Waals surface area contributed by atoms with Crippen molar-refractivity contribution < 1.29 is 8.78 Å². The van der Waals surface area contributed by atoms with Crippen molar-refractivity contribution in [3.05, 3.63) is 73.3 Å². The van der Waals surface area contributed by atoms with E-state index < -0.39 is 17.7 Å². The molecule has 1 aromatic heterocycles. The molecule has 0 aliphatic carbocycles. The van der Waals surface area contributed by atoms with E-state index in [1.165, 1.54) is 18.2 Å². The van der Waals surface area contributed by atoms with E-state index in [0.717, 1.165) is 3.57 Å². The molecular formula is C18H12ClF2IN4. The highest BCUT2D eigenvalue weighted by molar-refractivity contribution is 14.1. The van der Waals surface area contributed by atoms with Crippen molar-refractivity contribution in [3.8, 4) is 5.69 Å². The first-order chi connectivity index (χ1) is 12.4. The molecule has 4 nitrogen and oxygen atoms in total. The SMILES string of the molecule is Cc1nnc2n1-c1ccc(I)c(Cl)c1C(c1c(F)cccc1F)=N[C@H]2C. The van der Waals surface area contributed by atoms with Gasteiger partial charge in [-0.1, -0.05) is 17.7 Å². The van der Waals surface area contributed by atoms with Crippen molar-refractivity contribution in [2.45, 2.75) is 19.9 Å². The van der Waals surface area contributed by atoms with Gasteiger partial charge in [-0.3, -0.25) is 9.56 Å². The minimum absolute atomic E-state index is 0.177. The molecule has 2 heterocycles. The Balaban J connectivity index is 2.14. The summed E-state index contributed by atoms with van der Waals surface area (Å²) in [6, 6.07) is 6.98. The number of nitrogens with zero attached hydrogens (tertiary/aromatic N) is 4. The first-order valence-electron chi connectivity index (χ1n) is 7.83. The molecular weight excluding hydrogens is 473 g/mol. The van der Waals surface area contributed by atoms with Crippen LogP contribution in [0.2, 0.25) is 5.02 Å². The Hall–Kier alpha value is -1.87. The van der Waals surface area contributed by atoms with Crippen LogP contribution >= 0.6 is 34.2 Å². The van der Waals surface area contributed by atoms with E-state index in [-0.39, 0.29) is 11.3 Å². The predicted molar refractivity (Wildman–Crippen MR) is 104 cm³/mol. The quantitative estimate of drug-likeness (QED) is 0.455. The van der Waals surface area contributed by atoms with Crippen LogP contribution in [0.25, 0.3) is 5.69 Å². The van der Waals surface area contributed by atoms with Crippen LogP contribution in [0, 0.1) is 22.1 Å². The van der Waals surface area contributed by atoms with Crippen molar-refractivity contribution in [1.82, 2.24) is 14.8 Å². The van der Waals surface area contributed by atoms with E-state index >= 15 is 0 Å². The van der Waals surface area contributed by atoms with Gasteiger partial charge >= 0.3 is 0 Å². The fourth-order valence-electron chi connectivity index (χ4n) is 3.13. The summed E-state index contributed by atoms with van der Waals surface area (Å²) in [5.74, 6) is -0.138. The molecule has 3 aromatic rings. The molecule has 0 radical (unpaired) electrons. The third-order valence-electron chi connectivity index (χ3n) is 4.30. The van der Waals surface area contributed by atoms with Crippen LogP contribution in [0.4, 0.5) is 8.78 Å². The smallest absolute Gasteiger partial charge is 0.162 e. The molecule has 0 fully saturated rings. The van der Waals surface area contributed by atoms with Gasteiger partial charge in [0.1, 0.15) is 23.5 Å². The van der Waals surface area contributed by atoms with Crippen molar-refractivity contribution in [3.63, 3.8) is 0 Å². The lowest BCUT2D eigenvalue weighted by atomic mass is 9.99. The number of aryl methyl sites for hydroxylation is 1. The molecule has 4 rings (SSSR count). The van der Waals surface area contributed by atoms with Crippen LogP contribution in [0.3, 0.4) is 0 Å². The fraction of sp³-hybridized carbons (Fsp3) is 0.167. The number of halogens is 4. The van der Waals surface area contributed by atoms with Crippen molar-refractivity contribution in [2.24, 2.45) is 4.99 Å². The molecule has 0 unspecified atom stereocenters. The summed E-state index contributed by atoms with van der Waals surface area (Å²) in [4.78, 5) is 4.59. The second-order valence-corrected chi connectivity index (χ2v) is 7.49. The van der Waals surface area contributed by atoms with Crippen LogP contribution < -0.4 is 0 Å². The first kappa shape index (κ1) is 17.5. The lowest BCUT2D eigenvalue weighted by Crippen LogP contribution is -2.13. The summed E-state index contributed by atoms with van der Waals surface area (Å²) in [6.45, 7) is 3.62. The Morgan fingerprint density at radius 2 is 1.77 bits per heavy atom. The Morgan fingerprint density at radius 1 is 1.08 bits per heavy atom. The minimum atomic E-state index is -0.689. The average Bonchev–Trinajstić information content (AvgIpc) is 2.92. The number of benzene rings is 2. The average molecular weight is 485 g/mol. The molecule has 1 aliphatic heterocycles. The van der Waals surface area contributed by atoms with Gasteiger partial charge in [0.15, 0.2) is 5.82 Å². The molecule has 0 saturated heterocycles. The van der Waals surface area contributed by atoms with Crippen molar-refractivity contribution in [2.75, 3.05) is 0 Å². The zero-order valence-electron chi connectivity index (χ0n) is 13.8. The van der Waals surface area contributed by atoms with E-state index in [2.05, 4.69) is 37.8 Å². The highest BCUT2D eigenvalue weighted by atomic mass is 127. The number of aromatic nitrogens is 3. The van der Waals surface area contributed by atoms with Gasteiger partial charge in [-0.25, -0.2) is 8.78 Å². The van der Waals surface area contributed by atoms with Crippen LogP contribution in [-0.2, 0) is 0 Å². The first-order valence-corrected chi connectivity index (χ1v) is 9.28. The summed E-state index contributed by atoms with van der Waals surface area (Å²) in [5, 5.41) is 8.71. The summed E-state index contributed by atoms with van der Waals surface area (Å²) < 4.78 is 31.7. The molecule has 0 spiro atoms. The molecule has 0 amide bonds. The second-order valence-electron chi connectivity index (χ2n) is 5.95. The number of hydrogen-bond acceptors (Lipinski definition) is 3. The maximum Gasteiger partial charge on any atom is 0.162 e. The number of rotatable bonds is 1. The van der Waals surface area contributed by atoms with Gasteiger partial charge in [0.05, 0.1) is 22.0 Å². The van der Waals surface area contributed by atoms with Gasteiger partial charge in [0.2, 0.25) is 0 Å². The molecule has 0 bridgehead atoms. The molecule has 8 heteroatoms. The Kier molecular flexibility index (Phi) is 4.31. The number of fused-ring (bicyclic) bond motifs is 3. The summed E-state index contributed by atoms with van der Waals surface area (Å²) in [7, 11) is 0. The monoisotopic (exact) mass is 484 g/mol. The topological polar surface area (TPSA) is 43.1 Å². The van der Waals surface area contributed by atoms with Gasteiger partial charge in [0, 0.05) is 9.13 Å². The van der Waals surface area contributed by atoms with Gasteiger partial charge in [-0.05, 0) is 60.7 Å². The lowest BCUT2D eigenvalue weighted by molar-refractivity contribution is 0.578. The van der Waals surface area contributed by atoms with E-state index in [1.807, 2.05) is 30.5 Å². The van der Waals surface area contributed by atoms with Crippen LogP contribution in [0.5, 0.6) is 0 Å². The molecule has 1 aliphatic rings. The van der Waals surface area contributed by atoms with Gasteiger partial charge < -0.3 is 0 Å². The van der Waals surface area contributed by atoms with E-state index in [1.54, 1.807) is 0 Å². The van der Waals surface area contributed by atoms with Crippen LogP contribution in [-0.4, -0.2) is 20.5 Å². The van der Waals surface area contributed by atoms with E-state index in [0.29, 0.717) is 27.9 Å². The highest BCUT2D eigenvalue weighted by Gasteiger charge is 2.30. The molecule has 26 heavy (non-hydrogen) atoms. The standard InChI is InChI=1S/C18H12ClF2IN4/c1-8-18-25-24-9(2)26(18)13-7-6-12(22)16(19)15(13)17(23-8)14-10(20)4-3-5-11(14)21/h3-8H,1-2H3/t8-/m0/s1. The van der Waals surface area contributed by atoms with Gasteiger partial charge in [-0.15, -0.1) is 10.2 Å². The largest absolute Gasteiger partial charge is 0.281 e.